The van der Waals surface area contributed by atoms with Crippen molar-refractivity contribution in [3.8, 4) is 0 Å². The number of aromatic amines is 2. The van der Waals surface area contributed by atoms with Gasteiger partial charge in [-0.25, -0.2) is 4.98 Å². The van der Waals surface area contributed by atoms with Crippen LogP contribution in [0.2, 0.25) is 0 Å². The van der Waals surface area contributed by atoms with E-state index in [4.69, 9.17) is 0 Å². The van der Waals surface area contributed by atoms with Crippen LogP contribution in [0.4, 0.5) is 5.82 Å². The van der Waals surface area contributed by atoms with Gasteiger partial charge in [0.2, 0.25) is 0 Å². The quantitative estimate of drug-likeness (QED) is 0.680. The van der Waals surface area contributed by atoms with Crippen LogP contribution in [-0.4, -0.2) is 31.0 Å². The van der Waals surface area contributed by atoms with E-state index < -0.39 is 0 Å². The first-order valence-electron chi connectivity index (χ1n) is 8.29. The van der Waals surface area contributed by atoms with E-state index >= 15 is 0 Å². The van der Waals surface area contributed by atoms with Crippen LogP contribution < -0.4 is 10.9 Å². The van der Waals surface area contributed by atoms with Gasteiger partial charge in [0.15, 0.2) is 0 Å². The average molecular weight is 343 g/mol. The number of thioether (sulfide) groups is 1. The first-order chi connectivity index (χ1) is 11.7. The molecule has 126 valence electrons. The molecule has 2 unspecified atom stereocenters. The number of hydrogen-bond acceptors (Lipinski definition) is 4. The molecule has 1 saturated carbocycles. The highest BCUT2D eigenvalue weighted by Gasteiger charge is 2.23. The maximum absolute atomic E-state index is 11.6. The molecule has 0 bridgehead atoms. The van der Waals surface area contributed by atoms with E-state index in [-0.39, 0.29) is 5.56 Å². The second-order valence-electron chi connectivity index (χ2n) is 6.46. The van der Waals surface area contributed by atoms with Crippen molar-refractivity contribution >= 4 is 28.5 Å². The number of H-pyrrole nitrogens is 2. The van der Waals surface area contributed by atoms with Gasteiger partial charge in [-0.3, -0.25) is 15.0 Å². The number of fused-ring (bicyclic) bond motifs is 1. The lowest BCUT2D eigenvalue weighted by Crippen LogP contribution is -2.28. The Kier molecular flexibility index (Phi) is 4.10. The molecule has 3 aromatic rings. The number of aryl methyl sites for hydroxylation is 1. The third-order valence-corrected chi connectivity index (χ3v) is 5.82. The molecule has 0 amide bonds. The minimum absolute atomic E-state index is 0.0566. The number of rotatable bonds is 4. The normalized spacial score (nSPS) is 21.2. The maximum Gasteiger partial charge on any atom is 0.271 e. The number of benzene rings is 1. The topological polar surface area (TPSA) is 78.5 Å². The zero-order chi connectivity index (χ0) is 16.5. The Morgan fingerprint density at radius 1 is 1.33 bits per heavy atom. The summed E-state index contributed by atoms with van der Waals surface area (Å²) in [5, 5.41) is 10.4. The van der Waals surface area contributed by atoms with Crippen LogP contribution in [0.15, 0.2) is 40.4 Å². The molecular weight excluding hydrogens is 322 g/mol. The number of anilines is 1. The third kappa shape index (κ3) is 3.21. The van der Waals surface area contributed by atoms with E-state index in [0.717, 1.165) is 23.1 Å². The number of aromatic nitrogens is 4. The van der Waals surface area contributed by atoms with Crippen molar-refractivity contribution in [1.29, 1.82) is 0 Å². The van der Waals surface area contributed by atoms with E-state index in [2.05, 4.69) is 26.6 Å². The summed E-state index contributed by atoms with van der Waals surface area (Å²) in [7, 11) is 1.99. The highest BCUT2D eigenvalue weighted by Crippen LogP contribution is 2.35. The lowest BCUT2D eigenvalue weighted by Gasteiger charge is -2.29. The fraction of sp³-hybridized carbons (Fsp3) is 0.412. The molecule has 0 radical (unpaired) electrons. The van der Waals surface area contributed by atoms with Gasteiger partial charge in [0, 0.05) is 29.4 Å². The smallest absolute Gasteiger partial charge is 0.271 e. The molecule has 3 N–H and O–H groups in total. The molecule has 1 aliphatic rings. The van der Waals surface area contributed by atoms with Crippen molar-refractivity contribution in [3.63, 3.8) is 0 Å². The molecule has 0 aliphatic heterocycles. The first kappa shape index (κ1) is 15.4. The van der Waals surface area contributed by atoms with Gasteiger partial charge in [-0.15, -0.1) is 11.8 Å². The highest BCUT2D eigenvalue weighted by molar-refractivity contribution is 8.00. The molecule has 7 heteroatoms. The van der Waals surface area contributed by atoms with E-state index in [0.29, 0.717) is 11.3 Å². The molecule has 2 atom stereocenters. The molecule has 1 aliphatic carbocycles. The Bertz CT molecular complexity index is 896. The van der Waals surface area contributed by atoms with Crippen molar-refractivity contribution in [2.24, 2.45) is 7.05 Å². The van der Waals surface area contributed by atoms with Crippen molar-refractivity contribution in [2.75, 3.05) is 5.32 Å². The fourth-order valence-corrected chi connectivity index (χ4v) is 4.69. The van der Waals surface area contributed by atoms with Crippen molar-refractivity contribution < 1.29 is 0 Å². The van der Waals surface area contributed by atoms with Crippen molar-refractivity contribution in [3.05, 3.63) is 41.1 Å². The molecule has 2 aromatic heterocycles. The van der Waals surface area contributed by atoms with Crippen LogP contribution in [0.25, 0.3) is 10.9 Å². The molecule has 4 rings (SSSR count). The van der Waals surface area contributed by atoms with Gasteiger partial charge in [-0.2, -0.15) is 0 Å². The molecule has 0 saturated heterocycles. The van der Waals surface area contributed by atoms with Crippen molar-refractivity contribution in [1.82, 2.24) is 19.7 Å². The predicted molar refractivity (Wildman–Crippen MR) is 97.7 cm³/mol. The summed E-state index contributed by atoms with van der Waals surface area (Å²) >= 11 is 1.91. The van der Waals surface area contributed by atoms with Crippen LogP contribution in [-0.2, 0) is 7.05 Å². The van der Waals surface area contributed by atoms with Gasteiger partial charge in [-0.1, -0.05) is 6.42 Å². The van der Waals surface area contributed by atoms with Gasteiger partial charge < -0.3 is 9.88 Å². The largest absolute Gasteiger partial charge is 0.366 e. The first-order valence-corrected chi connectivity index (χ1v) is 9.17. The molecule has 6 nitrogen and oxygen atoms in total. The summed E-state index contributed by atoms with van der Waals surface area (Å²) in [5.41, 5.74) is 0.822. The Balaban J connectivity index is 1.42. The zero-order valence-electron chi connectivity index (χ0n) is 13.6. The minimum atomic E-state index is -0.0566. The van der Waals surface area contributed by atoms with Gasteiger partial charge >= 0.3 is 0 Å². The highest BCUT2D eigenvalue weighted by atomic mass is 32.2. The van der Waals surface area contributed by atoms with E-state index in [1.165, 1.54) is 24.2 Å². The van der Waals surface area contributed by atoms with E-state index in [1.54, 1.807) is 0 Å². The zero-order valence-corrected chi connectivity index (χ0v) is 14.4. The van der Waals surface area contributed by atoms with Crippen LogP contribution in [0.3, 0.4) is 0 Å². The van der Waals surface area contributed by atoms with Gasteiger partial charge in [0.25, 0.3) is 5.56 Å². The average Bonchev–Trinajstić information content (AvgIpc) is 3.14. The Hall–Kier alpha value is -2.15. The Labute approximate surface area is 144 Å². The maximum atomic E-state index is 11.6. The van der Waals surface area contributed by atoms with Crippen molar-refractivity contribution in [2.45, 2.75) is 41.9 Å². The van der Waals surface area contributed by atoms with E-state index in [9.17, 15) is 4.79 Å². The van der Waals surface area contributed by atoms with Crippen LogP contribution in [0, 0.1) is 0 Å². The lowest BCUT2D eigenvalue weighted by molar-refractivity contribution is 0.472. The van der Waals surface area contributed by atoms with Gasteiger partial charge in [0.05, 0.1) is 17.2 Å². The second-order valence-corrected chi connectivity index (χ2v) is 7.83. The molecular formula is C17H21N5OS. The summed E-state index contributed by atoms with van der Waals surface area (Å²) in [6, 6.07) is 6.49. The number of nitrogens with zero attached hydrogens (tertiary/aromatic N) is 2. The van der Waals surface area contributed by atoms with Crippen LogP contribution in [0.5, 0.6) is 0 Å². The van der Waals surface area contributed by atoms with Crippen LogP contribution >= 0.6 is 11.8 Å². The summed E-state index contributed by atoms with van der Waals surface area (Å²) in [6.45, 7) is 0. The second kappa shape index (κ2) is 6.39. The third-order valence-electron chi connectivity index (χ3n) is 4.53. The summed E-state index contributed by atoms with van der Waals surface area (Å²) in [4.78, 5) is 17.2. The standard InChI is InChI=1S/C17H21N5OS/c1-22-9-16(18-10-22)19-11-3-2-4-12(7-11)24-13-5-6-14-15(8-13)20-21-17(14)23/h5-6,8-12,19H,2-4,7H2,1H3,(H2,20,21,23). The van der Waals surface area contributed by atoms with Crippen LogP contribution in [0.1, 0.15) is 25.7 Å². The lowest BCUT2D eigenvalue weighted by atomic mass is 9.95. The van der Waals surface area contributed by atoms with Gasteiger partial charge in [0.1, 0.15) is 5.82 Å². The molecule has 1 fully saturated rings. The molecule has 0 spiro atoms. The van der Waals surface area contributed by atoms with E-state index in [1.807, 2.05) is 48.0 Å². The summed E-state index contributed by atoms with van der Waals surface area (Å²) in [6.07, 6.45) is 8.62. The Morgan fingerprint density at radius 3 is 3.08 bits per heavy atom. The van der Waals surface area contributed by atoms with Gasteiger partial charge in [-0.05, 0) is 37.5 Å². The SMILES string of the molecule is Cn1cnc(NC2CCCC(Sc3ccc4c(=O)[nH][nH]c4c3)C2)c1. The predicted octanol–water partition coefficient (Wildman–Crippen LogP) is 3.11. The summed E-state index contributed by atoms with van der Waals surface area (Å²) < 4.78 is 1.96. The molecule has 1 aromatic carbocycles. The Morgan fingerprint density at radius 2 is 2.25 bits per heavy atom. The molecule has 2 heterocycles. The monoisotopic (exact) mass is 343 g/mol. The number of hydrogen-bond donors (Lipinski definition) is 3. The summed E-state index contributed by atoms with van der Waals surface area (Å²) in [5.74, 6) is 0.958. The number of imidazole rings is 1. The minimum Gasteiger partial charge on any atom is -0.366 e. The fourth-order valence-electron chi connectivity index (χ4n) is 3.36. The number of nitrogens with one attached hydrogen (secondary N) is 3. The molecule has 24 heavy (non-hydrogen) atoms.